The van der Waals surface area contributed by atoms with Crippen molar-refractivity contribution in [2.24, 2.45) is 5.92 Å². The number of nitro groups is 1. The molecule has 21 heavy (non-hydrogen) atoms. The van der Waals surface area contributed by atoms with E-state index in [4.69, 9.17) is 0 Å². The highest BCUT2D eigenvalue weighted by molar-refractivity contribution is 5.94. The second-order valence-corrected chi connectivity index (χ2v) is 5.48. The van der Waals surface area contributed by atoms with Crippen molar-refractivity contribution in [1.29, 1.82) is 0 Å². The molecule has 6 heteroatoms. The van der Waals surface area contributed by atoms with Gasteiger partial charge in [-0.2, -0.15) is 0 Å². The van der Waals surface area contributed by atoms with Gasteiger partial charge >= 0.3 is 0 Å². The highest BCUT2D eigenvalue weighted by Crippen LogP contribution is 2.26. The van der Waals surface area contributed by atoms with Gasteiger partial charge in [0, 0.05) is 24.2 Å². The van der Waals surface area contributed by atoms with Crippen LogP contribution in [0.15, 0.2) is 24.3 Å². The summed E-state index contributed by atoms with van der Waals surface area (Å²) in [7, 11) is 0. The molecule has 1 amide bonds. The summed E-state index contributed by atoms with van der Waals surface area (Å²) in [5.74, 6) is -0.0596. The molecule has 1 aliphatic rings. The lowest BCUT2D eigenvalue weighted by atomic mass is 9.85. The van der Waals surface area contributed by atoms with Crippen LogP contribution in [0.2, 0.25) is 0 Å². The number of hydrogen-bond donors (Lipinski definition) is 2. The van der Waals surface area contributed by atoms with Gasteiger partial charge in [0.25, 0.3) is 11.6 Å². The minimum atomic E-state index is -0.521. The van der Waals surface area contributed by atoms with Crippen molar-refractivity contribution in [3.63, 3.8) is 0 Å². The molecule has 0 heterocycles. The summed E-state index contributed by atoms with van der Waals surface area (Å²) in [6, 6.07) is 5.43. The first-order chi connectivity index (χ1) is 10.1. The third-order valence-corrected chi connectivity index (χ3v) is 4.01. The van der Waals surface area contributed by atoms with Gasteiger partial charge in [-0.15, -0.1) is 0 Å². The molecule has 0 aromatic heterocycles. The molecular formula is C15H20N2O4. The van der Waals surface area contributed by atoms with E-state index in [1.165, 1.54) is 30.7 Å². The van der Waals surface area contributed by atoms with Crippen molar-refractivity contribution in [2.75, 3.05) is 6.54 Å². The summed E-state index contributed by atoms with van der Waals surface area (Å²) in [6.07, 6.45) is 4.99. The molecular weight excluding hydrogens is 272 g/mol. The van der Waals surface area contributed by atoms with E-state index in [9.17, 15) is 20.0 Å². The molecule has 0 aliphatic heterocycles. The molecule has 1 saturated carbocycles. The molecule has 1 aromatic carbocycles. The van der Waals surface area contributed by atoms with Crippen LogP contribution in [0.25, 0.3) is 0 Å². The van der Waals surface area contributed by atoms with Gasteiger partial charge in [-0.25, -0.2) is 0 Å². The number of nitro benzene ring substituents is 1. The second kappa shape index (κ2) is 7.17. The number of nitrogens with zero attached hydrogens (tertiary/aromatic N) is 1. The summed E-state index contributed by atoms with van der Waals surface area (Å²) >= 11 is 0. The molecule has 1 fully saturated rings. The number of non-ortho nitro benzene ring substituents is 1. The van der Waals surface area contributed by atoms with Crippen LogP contribution in [0.4, 0.5) is 5.69 Å². The minimum Gasteiger partial charge on any atom is -0.391 e. The Hall–Kier alpha value is -1.95. The van der Waals surface area contributed by atoms with Crippen LogP contribution in [0.3, 0.4) is 0 Å². The third kappa shape index (κ3) is 4.26. The Morgan fingerprint density at radius 1 is 1.29 bits per heavy atom. The van der Waals surface area contributed by atoms with Crippen LogP contribution >= 0.6 is 0 Å². The summed E-state index contributed by atoms with van der Waals surface area (Å²) < 4.78 is 0. The third-order valence-electron chi connectivity index (χ3n) is 4.01. The second-order valence-electron chi connectivity index (χ2n) is 5.48. The average Bonchev–Trinajstić information content (AvgIpc) is 2.53. The monoisotopic (exact) mass is 292 g/mol. The molecule has 0 spiro atoms. The van der Waals surface area contributed by atoms with E-state index in [-0.39, 0.29) is 24.1 Å². The van der Waals surface area contributed by atoms with Gasteiger partial charge in [-0.05, 0) is 30.9 Å². The fraction of sp³-hybridized carbons (Fsp3) is 0.533. The van der Waals surface area contributed by atoms with Crippen LogP contribution in [0.5, 0.6) is 0 Å². The largest absolute Gasteiger partial charge is 0.391 e. The Labute approximate surface area is 123 Å². The van der Waals surface area contributed by atoms with Gasteiger partial charge in [0.05, 0.1) is 11.0 Å². The number of aliphatic hydroxyl groups excluding tert-OH is 1. The maximum absolute atomic E-state index is 11.9. The topological polar surface area (TPSA) is 92.5 Å². The molecule has 0 saturated heterocycles. The first-order valence-electron chi connectivity index (χ1n) is 7.28. The van der Waals surface area contributed by atoms with Gasteiger partial charge in [0.1, 0.15) is 0 Å². The predicted octanol–water partition coefficient (Wildman–Crippen LogP) is 2.27. The van der Waals surface area contributed by atoms with Crippen molar-refractivity contribution in [2.45, 2.75) is 38.2 Å². The molecule has 6 nitrogen and oxygen atoms in total. The predicted molar refractivity (Wildman–Crippen MR) is 78.0 cm³/mol. The van der Waals surface area contributed by atoms with Gasteiger partial charge in [0.15, 0.2) is 0 Å². The lowest BCUT2D eigenvalue weighted by molar-refractivity contribution is -0.384. The Kier molecular flexibility index (Phi) is 5.27. The highest BCUT2D eigenvalue weighted by atomic mass is 16.6. The number of carbonyl (C=O) groups excluding carboxylic acids is 1. The van der Waals surface area contributed by atoms with Gasteiger partial charge in [-0.3, -0.25) is 14.9 Å². The number of hydrogen-bond acceptors (Lipinski definition) is 4. The summed E-state index contributed by atoms with van der Waals surface area (Å²) in [4.78, 5) is 22.0. The lowest BCUT2D eigenvalue weighted by Gasteiger charge is -2.26. The molecule has 1 unspecified atom stereocenters. The van der Waals surface area contributed by atoms with Gasteiger partial charge in [-0.1, -0.05) is 19.3 Å². The standard InChI is InChI=1S/C15H20N2O4/c18-14(11-4-2-1-3-5-11)10-16-15(19)12-6-8-13(9-7-12)17(20)21/h6-9,11,14,18H,1-5,10H2,(H,16,19). The Morgan fingerprint density at radius 3 is 2.48 bits per heavy atom. The van der Waals surface area contributed by atoms with E-state index in [1.807, 2.05) is 0 Å². The van der Waals surface area contributed by atoms with Crippen LogP contribution in [-0.4, -0.2) is 28.6 Å². The van der Waals surface area contributed by atoms with Crippen molar-refractivity contribution >= 4 is 11.6 Å². The average molecular weight is 292 g/mol. The number of benzene rings is 1. The van der Waals surface area contributed by atoms with E-state index < -0.39 is 11.0 Å². The quantitative estimate of drug-likeness (QED) is 0.643. The minimum absolute atomic E-state index is 0.0474. The normalized spacial score (nSPS) is 17.2. The number of nitrogens with one attached hydrogen (secondary N) is 1. The van der Waals surface area contributed by atoms with Crippen LogP contribution in [0, 0.1) is 16.0 Å². The lowest BCUT2D eigenvalue weighted by Crippen LogP contribution is -2.37. The molecule has 0 bridgehead atoms. The highest BCUT2D eigenvalue weighted by Gasteiger charge is 2.22. The molecule has 1 atom stereocenters. The zero-order chi connectivity index (χ0) is 15.2. The van der Waals surface area contributed by atoms with Crippen LogP contribution < -0.4 is 5.32 Å². The number of rotatable bonds is 5. The first-order valence-corrected chi connectivity index (χ1v) is 7.28. The van der Waals surface area contributed by atoms with E-state index in [0.29, 0.717) is 5.56 Å². The van der Waals surface area contributed by atoms with Crippen molar-refractivity contribution in [1.82, 2.24) is 5.32 Å². The van der Waals surface area contributed by atoms with Crippen LogP contribution in [0.1, 0.15) is 42.5 Å². The molecule has 114 valence electrons. The zero-order valence-electron chi connectivity index (χ0n) is 11.8. The fourth-order valence-corrected chi connectivity index (χ4v) is 2.72. The summed E-state index contributed by atoms with van der Waals surface area (Å²) in [5.41, 5.74) is 0.310. The zero-order valence-corrected chi connectivity index (χ0v) is 11.8. The Bertz CT molecular complexity index is 495. The van der Waals surface area contributed by atoms with Gasteiger partial charge < -0.3 is 10.4 Å². The molecule has 1 aliphatic carbocycles. The van der Waals surface area contributed by atoms with Crippen molar-refractivity contribution in [3.05, 3.63) is 39.9 Å². The van der Waals surface area contributed by atoms with Crippen molar-refractivity contribution in [3.8, 4) is 0 Å². The fourth-order valence-electron chi connectivity index (χ4n) is 2.72. The smallest absolute Gasteiger partial charge is 0.269 e. The van der Waals surface area contributed by atoms with E-state index in [2.05, 4.69) is 5.32 Å². The Morgan fingerprint density at radius 2 is 1.90 bits per heavy atom. The first kappa shape index (κ1) is 15.4. The molecule has 1 aromatic rings. The number of amides is 1. The molecule has 2 rings (SSSR count). The SMILES string of the molecule is O=C(NCC(O)C1CCCCC1)c1ccc([N+](=O)[O-])cc1. The summed E-state index contributed by atoms with van der Waals surface area (Å²) in [5, 5.41) is 23.3. The maximum Gasteiger partial charge on any atom is 0.269 e. The Balaban J connectivity index is 1.84. The van der Waals surface area contributed by atoms with Gasteiger partial charge in [0.2, 0.25) is 0 Å². The van der Waals surface area contributed by atoms with E-state index in [1.54, 1.807) is 0 Å². The van der Waals surface area contributed by atoms with Crippen molar-refractivity contribution < 1.29 is 14.8 Å². The number of carbonyl (C=O) groups is 1. The maximum atomic E-state index is 11.9. The van der Waals surface area contributed by atoms with Crippen LogP contribution in [-0.2, 0) is 0 Å². The molecule has 2 N–H and O–H groups in total. The van der Waals surface area contributed by atoms with E-state index >= 15 is 0 Å². The molecule has 0 radical (unpaired) electrons. The summed E-state index contributed by atoms with van der Waals surface area (Å²) in [6.45, 7) is 0.223. The number of aliphatic hydroxyl groups is 1. The van der Waals surface area contributed by atoms with E-state index in [0.717, 1.165) is 25.7 Å².